The molecule has 1 unspecified atom stereocenters. The Balaban J connectivity index is 2.27. The minimum Gasteiger partial charge on any atom is -0.304 e. The Kier molecular flexibility index (Phi) is 4.43. The van der Waals surface area contributed by atoms with Gasteiger partial charge < -0.3 is 5.32 Å². The lowest BCUT2D eigenvalue weighted by Gasteiger charge is -2.21. The number of carbonyl (C=O) groups is 1. The maximum absolute atomic E-state index is 12.1. The van der Waals surface area contributed by atoms with E-state index in [1.54, 1.807) is 0 Å². The maximum Gasteiger partial charge on any atom is 0.311 e. The molecule has 1 aromatic heterocycles. The first-order valence-electron chi connectivity index (χ1n) is 6.14. The van der Waals surface area contributed by atoms with Gasteiger partial charge in [-0.1, -0.05) is 18.0 Å². The van der Waals surface area contributed by atoms with Crippen molar-refractivity contribution in [3.05, 3.63) is 27.4 Å². The van der Waals surface area contributed by atoms with Crippen LogP contribution in [0.5, 0.6) is 0 Å². The van der Waals surface area contributed by atoms with Crippen LogP contribution in [-0.2, 0) is 14.6 Å². The first kappa shape index (κ1) is 15.6. The molecule has 21 heavy (non-hydrogen) atoms. The molecule has 1 saturated heterocycles. The Morgan fingerprint density at radius 3 is 2.76 bits per heavy atom. The van der Waals surface area contributed by atoms with Gasteiger partial charge in [-0.15, -0.1) is 0 Å². The van der Waals surface area contributed by atoms with Crippen LogP contribution in [0.4, 0.5) is 11.5 Å². The smallest absolute Gasteiger partial charge is 0.304 e. The number of aromatic nitrogens is 1. The monoisotopic (exact) mass is 333 g/mol. The molecule has 0 aliphatic carbocycles. The summed E-state index contributed by atoms with van der Waals surface area (Å²) in [5, 5.41) is 11.8. The fourth-order valence-electron chi connectivity index (χ4n) is 2.11. The SMILES string of the molecule is O=C(Nc1nc(Cl)ccc1[N+](=O)[O-])C1CCCCS1(=O)=O. The summed E-state index contributed by atoms with van der Waals surface area (Å²) in [5.74, 6) is -1.22. The van der Waals surface area contributed by atoms with Gasteiger partial charge >= 0.3 is 5.69 Å². The van der Waals surface area contributed by atoms with Crippen molar-refractivity contribution in [1.29, 1.82) is 0 Å². The van der Waals surface area contributed by atoms with Crippen LogP contribution in [0.3, 0.4) is 0 Å². The second-order valence-electron chi connectivity index (χ2n) is 4.60. The lowest BCUT2D eigenvalue weighted by atomic mass is 10.2. The van der Waals surface area contributed by atoms with E-state index in [1.807, 2.05) is 0 Å². The predicted molar refractivity (Wildman–Crippen MR) is 76.0 cm³/mol. The van der Waals surface area contributed by atoms with Crippen molar-refractivity contribution >= 4 is 38.9 Å². The number of pyridine rings is 1. The van der Waals surface area contributed by atoms with E-state index in [1.165, 1.54) is 6.07 Å². The predicted octanol–water partition coefficient (Wildman–Crippen LogP) is 1.55. The lowest BCUT2D eigenvalue weighted by Crippen LogP contribution is -2.39. The number of amides is 1. The highest BCUT2D eigenvalue weighted by Gasteiger charge is 2.35. The third-order valence-electron chi connectivity index (χ3n) is 3.15. The molecule has 1 atom stereocenters. The fourth-order valence-corrected chi connectivity index (χ4v) is 4.06. The van der Waals surface area contributed by atoms with Crippen molar-refractivity contribution in [2.45, 2.75) is 24.5 Å². The topological polar surface area (TPSA) is 119 Å². The number of carbonyl (C=O) groups excluding carboxylic acids is 1. The zero-order valence-corrected chi connectivity index (χ0v) is 12.4. The fraction of sp³-hybridized carbons (Fsp3) is 0.455. The minimum atomic E-state index is -3.53. The van der Waals surface area contributed by atoms with E-state index in [4.69, 9.17) is 11.6 Å². The average Bonchev–Trinajstić information content (AvgIpc) is 2.37. The van der Waals surface area contributed by atoms with Crippen molar-refractivity contribution < 1.29 is 18.1 Å². The molecule has 2 rings (SSSR count). The van der Waals surface area contributed by atoms with Gasteiger partial charge in [-0.05, 0) is 18.9 Å². The summed E-state index contributed by atoms with van der Waals surface area (Å²) in [6.45, 7) is 0. The van der Waals surface area contributed by atoms with Gasteiger partial charge in [0.05, 0.1) is 10.7 Å². The summed E-state index contributed by atoms with van der Waals surface area (Å²) in [5.41, 5.74) is -0.444. The van der Waals surface area contributed by atoms with Gasteiger partial charge in [0.2, 0.25) is 11.7 Å². The number of sulfone groups is 1. The van der Waals surface area contributed by atoms with Crippen LogP contribution in [0.1, 0.15) is 19.3 Å². The summed E-state index contributed by atoms with van der Waals surface area (Å²) in [6, 6.07) is 2.31. The van der Waals surface area contributed by atoms with Crippen LogP contribution < -0.4 is 5.32 Å². The molecule has 114 valence electrons. The van der Waals surface area contributed by atoms with Gasteiger partial charge in [-0.2, -0.15) is 0 Å². The number of rotatable bonds is 3. The van der Waals surface area contributed by atoms with Crippen LogP contribution in [0, 0.1) is 10.1 Å². The average molecular weight is 334 g/mol. The molecule has 1 amide bonds. The van der Waals surface area contributed by atoms with Crippen LogP contribution >= 0.6 is 11.6 Å². The molecule has 1 N–H and O–H groups in total. The van der Waals surface area contributed by atoms with E-state index in [2.05, 4.69) is 10.3 Å². The van der Waals surface area contributed by atoms with Crippen molar-refractivity contribution in [3.8, 4) is 0 Å². The van der Waals surface area contributed by atoms with Crippen molar-refractivity contribution in [1.82, 2.24) is 4.98 Å². The number of anilines is 1. The third-order valence-corrected chi connectivity index (χ3v) is 5.53. The number of hydrogen-bond acceptors (Lipinski definition) is 6. The second kappa shape index (κ2) is 5.94. The number of nitro groups is 1. The highest BCUT2D eigenvalue weighted by atomic mass is 35.5. The summed E-state index contributed by atoms with van der Waals surface area (Å²) >= 11 is 5.64. The molecule has 0 spiro atoms. The van der Waals surface area contributed by atoms with Gasteiger partial charge in [-0.3, -0.25) is 14.9 Å². The van der Waals surface area contributed by atoms with E-state index < -0.39 is 31.6 Å². The van der Waals surface area contributed by atoms with E-state index >= 15 is 0 Å². The van der Waals surface area contributed by atoms with E-state index in [9.17, 15) is 23.3 Å². The van der Waals surface area contributed by atoms with Crippen LogP contribution in [0.25, 0.3) is 0 Å². The van der Waals surface area contributed by atoms with Crippen LogP contribution in [0.2, 0.25) is 5.15 Å². The Bertz CT molecular complexity index is 691. The molecular weight excluding hydrogens is 322 g/mol. The molecule has 1 fully saturated rings. The molecule has 0 radical (unpaired) electrons. The number of halogens is 1. The summed E-state index contributed by atoms with van der Waals surface area (Å²) < 4.78 is 23.7. The van der Waals surface area contributed by atoms with Gasteiger partial charge in [-0.25, -0.2) is 13.4 Å². The zero-order chi connectivity index (χ0) is 15.6. The Hall–Kier alpha value is -1.74. The van der Waals surface area contributed by atoms with E-state index in [0.29, 0.717) is 12.8 Å². The molecule has 0 bridgehead atoms. The molecule has 10 heteroatoms. The van der Waals surface area contributed by atoms with Crippen LogP contribution in [-0.4, -0.2) is 35.2 Å². The highest BCUT2D eigenvalue weighted by molar-refractivity contribution is 7.92. The summed E-state index contributed by atoms with van der Waals surface area (Å²) in [7, 11) is -3.53. The largest absolute Gasteiger partial charge is 0.311 e. The van der Waals surface area contributed by atoms with Crippen LogP contribution in [0.15, 0.2) is 12.1 Å². The van der Waals surface area contributed by atoms with E-state index in [-0.39, 0.29) is 23.1 Å². The Morgan fingerprint density at radius 2 is 2.14 bits per heavy atom. The Labute approximate surface area is 125 Å². The number of nitrogens with zero attached hydrogens (tertiary/aromatic N) is 2. The first-order chi connectivity index (χ1) is 9.81. The molecule has 1 aromatic rings. The second-order valence-corrected chi connectivity index (χ2v) is 7.29. The molecular formula is C11H12ClN3O5S. The van der Waals surface area contributed by atoms with Gasteiger partial charge in [0.25, 0.3) is 0 Å². The third kappa shape index (κ3) is 3.48. The number of hydrogen-bond donors (Lipinski definition) is 1. The molecule has 0 aromatic carbocycles. The van der Waals surface area contributed by atoms with E-state index in [0.717, 1.165) is 6.07 Å². The zero-order valence-electron chi connectivity index (χ0n) is 10.8. The molecule has 1 aliphatic rings. The van der Waals surface area contributed by atoms with Crippen molar-refractivity contribution in [2.75, 3.05) is 11.1 Å². The Morgan fingerprint density at radius 1 is 1.43 bits per heavy atom. The highest BCUT2D eigenvalue weighted by Crippen LogP contribution is 2.26. The van der Waals surface area contributed by atoms with Gasteiger partial charge in [0, 0.05) is 6.07 Å². The summed E-state index contributed by atoms with van der Waals surface area (Å²) in [4.78, 5) is 25.9. The maximum atomic E-state index is 12.1. The normalized spacial score (nSPS) is 20.7. The quantitative estimate of drug-likeness (QED) is 0.509. The summed E-state index contributed by atoms with van der Waals surface area (Å²) in [6.07, 6.45) is 1.33. The molecule has 0 saturated carbocycles. The van der Waals surface area contributed by atoms with Crippen molar-refractivity contribution in [3.63, 3.8) is 0 Å². The van der Waals surface area contributed by atoms with Gasteiger partial charge in [0.1, 0.15) is 10.4 Å². The van der Waals surface area contributed by atoms with Gasteiger partial charge in [0.15, 0.2) is 9.84 Å². The standard InChI is InChI=1S/C11H12ClN3O5S/c12-9-5-4-7(15(17)18)10(13-9)14-11(16)8-3-1-2-6-21(8,19)20/h4-5,8H,1-3,6H2,(H,13,14,16). The first-order valence-corrected chi connectivity index (χ1v) is 8.24. The van der Waals surface area contributed by atoms with Crippen molar-refractivity contribution in [2.24, 2.45) is 0 Å². The molecule has 8 nitrogen and oxygen atoms in total. The lowest BCUT2D eigenvalue weighted by molar-refractivity contribution is -0.384. The minimum absolute atomic E-state index is 0.0394. The number of nitrogens with one attached hydrogen (secondary N) is 1. The molecule has 1 aliphatic heterocycles. The molecule has 2 heterocycles.